The summed E-state index contributed by atoms with van der Waals surface area (Å²) in [6.45, 7) is 5.28. The lowest BCUT2D eigenvalue weighted by Crippen LogP contribution is -2.50. The number of amides is 1. The Balaban J connectivity index is 2.52. The van der Waals surface area contributed by atoms with Gasteiger partial charge in [-0.15, -0.1) is 0 Å². The van der Waals surface area contributed by atoms with Gasteiger partial charge in [-0.05, 0) is 24.5 Å². The number of carbonyl (C=O) groups is 2. The Kier molecular flexibility index (Phi) is 6.55. The van der Waals surface area contributed by atoms with Gasteiger partial charge in [-0.2, -0.15) is 0 Å². The number of carboxylic acid groups (broad SMARTS) is 1. The lowest BCUT2D eigenvalue weighted by Gasteiger charge is -2.23. The molecule has 0 spiro atoms. The molecule has 0 aliphatic heterocycles. The Morgan fingerprint density at radius 2 is 1.89 bits per heavy atom. The maximum Gasteiger partial charge on any atom is 0.329 e. The highest BCUT2D eigenvalue weighted by atomic mass is 16.4. The average molecular weight is 375 g/mol. The maximum atomic E-state index is 12.9. The van der Waals surface area contributed by atoms with Crippen molar-refractivity contribution in [3.63, 3.8) is 0 Å². The zero-order valence-corrected chi connectivity index (χ0v) is 15.7. The Bertz CT molecular complexity index is 944. The SMILES string of the molecule is CCCCC(C(=O)NC(C(=O)O)C(C)C)n1c(=O)[nH]c2ccccc2c1=O. The van der Waals surface area contributed by atoms with Gasteiger partial charge in [0.05, 0.1) is 10.9 Å². The number of nitrogens with zero attached hydrogens (tertiary/aromatic N) is 1. The predicted octanol–water partition coefficient (Wildman–Crippen LogP) is 1.65. The second kappa shape index (κ2) is 8.66. The molecule has 2 atom stereocenters. The molecule has 0 fully saturated rings. The van der Waals surface area contributed by atoms with Crippen molar-refractivity contribution in [2.75, 3.05) is 0 Å². The van der Waals surface area contributed by atoms with Crippen LogP contribution in [0, 0.1) is 5.92 Å². The molecule has 0 radical (unpaired) electrons. The van der Waals surface area contributed by atoms with Crippen molar-refractivity contribution in [1.82, 2.24) is 14.9 Å². The fraction of sp³-hybridized carbons (Fsp3) is 0.474. The van der Waals surface area contributed by atoms with E-state index in [1.54, 1.807) is 38.1 Å². The highest BCUT2D eigenvalue weighted by Gasteiger charge is 2.30. The number of unbranched alkanes of at least 4 members (excludes halogenated alkanes) is 1. The van der Waals surface area contributed by atoms with Crippen molar-refractivity contribution < 1.29 is 14.7 Å². The molecular weight excluding hydrogens is 350 g/mol. The van der Waals surface area contributed by atoms with E-state index in [1.165, 1.54) is 0 Å². The second-order valence-corrected chi connectivity index (χ2v) is 6.88. The van der Waals surface area contributed by atoms with E-state index in [-0.39, 0.29) is 12.3 Å². The van der Waals surface area contributed by atoms with Gasteiger partial charge in [0.25, 0.3) is 5.56 Å². The third-order valence-corrected chi connectivity index (χ3v) is 4.51. The minimum atomic E-state index is -1.16. The first-order chi connectivity index (χ1) is 12.8. The number of benzene rings is 1. The van der Waals surface area contributed by atoms with Gasteiger partial charge in [0, 0.05) is 0 Å². The molecule has 8 heteroatoms. The molecule has 1 aromatic heterocycles. The number of H-pyrrole nitrogens is 1. The zero-order valence-electron chi connectivity index (χ0n) is 15.7. The van der Waals surface area contributed by atoms with Gasteiger partial charge in [0.15, 0.2) is 0 Å². The predicted molar refractivity (Wildman–Crippen MR) is 102 cm³/mol. The molecule has 3 N–H and O–H groups in total. The highest BCUT2D eigenvalue weighted by molar-refractivity contribution is 5.86. The Morgan fingerprint density at radius 1 is 1.22 bits per heavy atom. The molecule has 1 heterocycles. The van der Waals surface area contributed by atoms with Crippen LogP contribution in [-0.4, -0.2) is 32.6 Å². The van der Waals surface area contributed by atoms with Crippen molar-refractivity contribution in [2.24, 2.45) is 5.92 Å². The number of aromatic nitrogens is 2. The van der Waals surface area contributed by atoms with Gasteiger partial charge in [0.2, 0.25) is 5.91 Å². The van der Waals surface area contributed by atoms with Crippen molar-refractivity contribution in [1.29, 1.82) is 0 Å². The Hall–Kier alpha value is -2.90. The van der Waals surface area contributed by atoms with Crippen LogP contribution in [0.15, 0.2) is 33.9 Å². The smallest absolute Gasteiger partial charge is 0.329 e. The van der Waals surface area contributed by atoms with E-state index in [2.05, 4.69) is 10.3 Å². The van der Waals surface area contributed by atoms with Gasteiger partial charge in [-0.3, -0.25) is 9.59 Å². The molecule has 0 saturated carbocycles. The molecule has 0 bridgehead atoms. The van der Waals surface area contributed by atoms with Crippen LogP contribution in [0.5, 0.6) is 0 Å². The van der Waals surface area contributed by atoms with Gasteiger partial charge < -0.3 is 15.4 Å². The standard InChI is InChI=1S/C19H25N3O5/c1-4-5-10-14(16(23)21-15(11(2)3)18(25)26)22-17(24)12-8-6-7-9-13(12)20-19(22)27/h6-9,11,14-15H,4-5,10H2,1-3H3,(H,20,27)(H,21,23)(H,25,26). The molecule has 2 unspecified atom stereocenters. The fourth-order valence-electron chi connectivity index (χ4n) is 3.00. The number of fused-ring (bicyclic) bond motifs is 1. The quantitative estimate of drug-likeness (QED) is 0.648. The van der Waals surface area contributed by atoms with E-state index in [0.717, 1.165) is 11.0 Å². The van der Waals surface area contributed by atoms with E-state index in [9.17, 15) is 24.3 Å². The van der Waals surface area contributed by atoms with Gasteiger partial charge in [-0.25, -0.2) is 14.2 Å². The largest absolute Gasteiger partial charge is 0.480 e. The number of hydrogen-bond acceptors (Lipinski definition) is 4. The molecule has 27 heavy (non-hydrogen) atoms. The monoisotopic (exact) mass is 375 g/mol. The Morgan fingerprint density at radius 3 is 2.48 bits per heavy atom. The lowest BCUT2D eigenvalue weighted by molar-refractivity contribution is -0.143. The van der Waals surface area contributed by atoms with E-state index in [1.807, 2.05) is 6.92 Å². The number of para-hydroxylation sites is 1. The summed E-state index contributed by atoms with van der Waals surface area (Å²) in [5, 5.41) is 12.1. The number of aliphatic carboxylic acids is 1. The molecule has 2 rings (SSSR count). The van der Waals surface area contributed by atoms with Crippen molar-refractivity contribution >= 4 is 22.8 Å². The number of carbonyl (C=O) groups excluding carboxylic acids is 1. The topological polar surface area (TPSA) is 121 Å². The van der Waals surface area contributed by atoms with Crippen LogP contribution in [0.3, 0.4) is 0 Å². The molecule has 1 amide bonds. The molecule has 0 aliphatic carbocycles. The summed E-state index contributed by atoms with van der Waals surface area (Å²) in [6, 6.07) is 4.38. The molecule has 8 nitrogen and oxygen atoms in total. The molecule has 1 aromatic carbocycles. The molecular formula is C19H25N3O5. The maximum absolute atomic E-state index is 12.9. The van der Waals surface area contributed by atoms with Crippen LogP contribution in [0.2, 0.25) is 0 Å². The third-order valence-electron chi connectivity index (χ3n) is 4.51. The summed E-state index contributed by atoms with van der Waals surface area (Å²) in [6.07, 6.45) is 1.63. The first kappa shape index (κ1) is 20.4. The third kappa shape index (κ3) is 4.45. The van der Waals surface area contributed by atoms with Gasteiger partial charge >= 0.3 is 11.7 Å². The first-order valence-corrected chi connectivity index (χ1v) is 9.04. The van der Waals surface area contributed by atoms with Crippen LogP contribution in [0.25, 0.3) is 10.9 Å². The van der Waals surface area contributed by atoms with Crippen molar-refractivity contribution in [3.05, 3.63) is 45.1 Å². The van der Waals surface area contributed by atoms with Crippen LogP contribution < -0.4 is 16.6 Å². The van der Waals surface area contributed by atoms with E-state index in [0.29, 0.717) is 17.3 Å². The summed E-state index contributed by atoms with van der Waals surface area (Å²) in [5.41, 5.74) is -0.864. The molecule has 0 aliphatic rings. The van der Waals surface area contributed by atoms with Crippen molar-refractivity contribution in [2.45, 2.75) is 52.1 Å². The van der Waals surface area contributed by atoms with E-state index < -0.39 is 35.2 Å². The summed E-state index contributed by atoms with van der Waals surface area (Å²) < 4.78 is 0.895. The number of rotatable bonds is 8. The normalized spacial score (nSPS) is 13.5. The average Bonchev–Trinajstić information content (AvgIpc) is 2.61. The summed E-state index contributed by atoms with van der Waals surface area (Å²) >= 11 is 0. The Labute approximate surface area is 156 Å². The number of carboxylic acids is 1. The zero-order chi connectivity index (χ0) is 20.1. The minimum absolute atomic E-state index is 0.258. The summed E-state index contributed by atoms with van der Waals surface area (Å²) in [5.74, 6) is -2.15. The molecule has 2 aromatic rings. The molecule has 0 saturated heterocycles. The number of nitrogens with one attached hydrogen (secondary N) is 2. The minimum Gasteiger partial charge on any atom is -0.480 e. The van der Waals surface area contributed by atoms with E-state index in [4.69, 9.17) is 0 Å². The highest BCUT2D eigenvalue weighted by Crippen LogP contribution is 2.15. The van der Waals surface area contributed by atoms with Crippen LogP contribution in [0.4, 0.5) is 0 Å². The van der Waals surface area contributed by atoms with Gasteiger partial charge in [0.1, 0.15) is 12.1 Å². The first-order valence-electron chi connectivity index (χ1n) is 9.04. The van der Waals surface area contributed by atoms with Crippen LogP contribution in [-0.2, 0) is 9.59 Å². The number of aromatic amines is 1. The second-order valence-electron chi connectivity index (χ2n) is 6.88. The van der Waals surface area contributed by atoms with Crippen LogP contribution in [0.1, 0.15) is 46.1 Å². The number of hydrogen-bond donors (Lipinski definition) is 3. The van der Waals surface area contributed by atoms with Crippen molar-refractivity contribution in [3.8, 4) is 0 Å². The fourth-order valence-corrected chi connectivity index (χ4v) is 3.00. The van der Waals surface area contributed by atoms with E-state index >= 15 is 0 Å². The lowest BCUT2D eigenvalue weighted by atomic mass is 10.0. The summed E-state index contributed by atoms with van der Waals surface area (Å²) in [7, 11) is 0. The van der Waals surface area contributed by atoms with Crippen LogP contribution >= 0.6 is 0 Å². The molecule has 146 valence electrons. The van der Waals surface area contributed by atoms with Gasteiger partial charge in [-0.1, -0.05) is 45.7 Å². The summed E-state index contributed by atoms with van der Waals surface area (Å²) in [4.78, 5) is 52.2.